The number of halogens is 4. The van der Waals surface area contributed by atoms with Crippen LogP contribution in [0.1, 0.15) is 5.56 Å². The molecule has 1 aromatic heterocycles. The van der Waals surface area contributed by atoms with Gasteiger partial charge in [-0.25, -0.2) is 0 Å². The monoisotopic (exact) mass is 206 g/mol. The summed E-state index contributed by atoms with van der Waals surface area (Å²) >= 11 is 0. The van der Waals surface area contributed by atoms with Gasteiger partial charge in [0.2, 0.25) is 11.8 Å². The number of hydrogen-bond donors (Lipinski definition) is 0. The number of alkyl halides is 3. The molecule has 0 spiro atoms. The Balaban J connectivity index is 3.07. The minimum Gasteiger partial charge on any atom is -0.386 e. The van der Waals surface area contributed by atoms with E-state index in [1.54, 1.807) is 0 Å². The van der Waals surface area contributed by atoms with E-state index in [2.05, 4.69) is 9.72 Å². The third-order valence-corrected chi connectivity index (χ3v) is 1.16. The van der Waals surface area contributed by atoms with Gasteiger partial charge in [-0.15, -0.1) is 13.2 Å². The first-order valence-electron chi connectivity index (χ1n) is 3.25. The molecule has 0 N–H and O–H groups in total. The lowest BCUT2D eigenvalue weighted by atomic mass is 10.3. The van der Waals surface area contributed by atoms with Gasteiger partial charge in [-0.2, -0.15) is 14.6 Å². The van der Waals surface area contributed by atoms with Gasteiger partial charge >= 0.3 is 6.36 Å². The van der Waals surface area contributed by atoms with Crippen molar-refractivity contribution < 1.29 is 22.3 Å². The molecular weight excluding hydrogens is 204 g/mol. The Hall–Kier alpha value is -1.84. The van der Waals surface area contributed by atoms with Crippen LogP contribution in [0.5, 0.6) is 5.88 Å². The smallest absolute Gasteiger partial charge is 0.386 e. The van der Waals surface area contributed by atoms with Gasteiger partial charge < -0.3 is 4.74 Å². The Labute approximate surface area is 75.5 Å². The van der Waals surface area contributed by atoms with Crippen molar-refractivity contribution in [2.24, 2.45) is 0 Å². The Morgan fingerprint density at radius 2 is 2.00 bits per heavy atom. The van der Waals surface area contributed by atoms with E-state index in [9.17, 15) is 17.6 Å². The van der Waals surface area contributed by atoms with Crippen LogP contribution >= 0.6 is 0 Å². The highest BCUT2D eigenvalue weighted by Gasteiger charge is 2.33. The third-order valence-electron chi connectivity index (χ3n) is 1.16. The molecule has 3 nitrogen and oxygen atoms in total. The van der Waals surface area contributed by atoms with E-state index < -0.39 is 23.8 Å². The maximum Gasteiger partial charge on any atom is 0.574 e. The first-order valence-corrected chi connectivity index (χ1v) is 3.25. The van der Waals surface area contributed by atoms with Crippen molar-refractivity contribution in [3.05, 3.63) is 23.6 Å². The van der Waals surface area contributed by atoms with Gasteiger partial charge in [-0.3, -0.25) is 0 Å². The Kier molecular flexibility index (Phi) is 2.56. The number of nitrogens with zero attached hydrogens (tertiary/aromatic N) is 2. The lowest BCUT2D eigenvalue weighted by Gasteiger charge is -2.08. The summed E-state index contributed by atoms with van der Waals surface area (Å²) in [7, 11) is 0. The Morgan fingerprint density at radius 3 is 2.50 bits per heavy atom. The SMILES string of the molecule is N#Cc1ccc(F)nc1OC(F)(F)F. The molecule has 0 atom stereocenters. The molecule has 0 amide bonds. The van der Waals surface area contributed by atoms with Crippen molar-refractivity contribution in [2.45, 2.75) is 6.36 Å². The zero-order valence-corrected chi connectivity index (χ0v) is 6.47. The van der Waals surface area contributed by atoms with Crippen molar-refractivity contribution in [3.8, 4) is 11.9 Å². The largest absolute Gasteiger partial charge is 0.574 e. The number of nitriles is 1. The lowest BCUT2D eigenvalue weighted by Crippen LogP contribution is -2.19. The van der Waals surface area contributed by atoms with Gasteiger partial charge in [0.05, 0.1) is 0 Å². The molecule has 0 aliphatic rings. The average Bonchev–Trinajstić information content (AvgIpc) is 2.01. The zero-order chi connectivity index (χ0) is 10.8. The predicted molar refractivity (Wildman–Crippen MR) is 35.6 cm³/mol. The number of hydrogen-bond acceptors (Lipinski definition) is 3. The summed E-state index contributed by atoms with van der Waals surface area (Å²) in [5.74, 6) is -2.23. The summed E-state index contributed by atoms with van der Waals surface area (Å²) in [4.78, 5) is 2.80. The van der Waals surface area contributed by atoms with E-state index in [4.69, 9.17) is 5.26 Å². The topological polar surface area (TPSA) is 45.9 Å². The molecule has 14 heavy (non-hydrogen) atoms. The van der Waals surface area contributed by atoms with E-state index in [-0.39, 0.29) is 0 Å². The van der Waals surface area contributed by atoms with Crippen LogP contribution in [-0.2, 0) is 0 Å². The summed E-state index contributed by atoms with van der Waals surface area (Å²) in [6.45, 7) is 0. The standard InChI is InChI=1S/C7H2F4N2O/c8-5-2-1-4(3-12)6(13-5)14-7(9,10)11/h1-2H. The highest BCUT2D eigenvalue weighted by molar-refractivity contribution is 5.37. The van der Waals surface area contributed by atoms with E-state index in [1.165, 1.54) is 6.07 Å². The molecule has 0 aliphatic carbocycles. The second-order valence-electron chi connectivity index (χ2n) is 2.15. The number of rotatable bonds is 1. The van der Waals surface area contributed by atoms with Gasteiger partial charge in [0, 0.05) is 0 Å². The van der Waals surface area contributed by atoms with Crippen molar-refractivity contribution in [2.75, 3.05) is 0 Å². The molecule has 0 unspecified atom stereocenters. The second kappa shape index (κ2) is 3.49. The molecule has 0 saturated heterocycles. The molecule has 0 aliphatic heterocycles. The van der Waals surface area contributed by atoms with Crippen LogP contribution in [0.2, 0.25) is 0 Å². The molecule has 0 aromatic carbocycles. The highest BCUT2D eigenvalue weighted by Crippen LogP contribution is 2.23. The number of aromatic nitrogens is 1. The molecule has 74 valence electrons. The molecule has 0 bridgehead atoms. The number of pyridine rings is 1. The van der Waals surface area contributed by atoms with E-state index in [0.29, 0.717) is 0 Å². The van der Waals surface area contributed by atoms with Gasteiger partial charge in [0.15, 0.2) is 0 Å². The van der Waals surface area contributed by atoms with Crippen LogP contribution in [0, 0.1) is 17.3 Å². The van der Waals surface area contributed by atoms with Crippen LogP contribution in [0.15, 0.2) is 12.1 Å². The first kappa shape index (κ1) is 10.2. The minimum atomic E-state index is -4.99. The fraction of sp³-hybridized carbons (Fsp3) is 0.143. The average molecular weight is 206 g/mol. The van der Waals surface area contributed by atoms with E-state index in [1.807, 2.05) is 0 Å². The van der Waals surface area contributed by atoms with Gasteiger partial charge in [0.25, 0.3) is 0 Å². The van der Waals surface area contributed by atoms with Crippen LogP contribution in [0.25, 0.3) is 0 Å². The molecule has 1 aromatic rings. The summed E-state index contributed by atoms with van der Waals surface area (Å²) < 4.78 is 50.8. The van der Waals surface area contributed by atoms with Crippen LogP contribution in [-0.4, -0.2) is 11.3 Å². The molecule has 1 rings (SSSR count). The van der Waals surface area contributed by atoms with Gasteiger partial charge in [0.1, 0.15) is 11.6 Å². The maximum absolute atomic E-state index is 12.4. The minimum absolute atomic E-state index is 0.483. The Morgan fingerprint density at radius 1 is 1.36 bits per heavy atom. The summed E-state index contributed by atoms with van der Waals surface area (Å²) in [5, 5.41) is 8.35. The third kappa shape index (κ3) is 2.58. The van der Waals surface area contributed by atoms with Crippen molar-refractivity contribution >= 4 is 0 Å². The Bertz CT molecular complexity index is 382. The molecule has 0 saturated carbocycles. The zero-order valence-electron chi connectivity index (χ0n) is 6.47. The van der Waals surface area contributed by atoms with Crippen LogP contribution < -0.4 is 4.74 Å². The van der Waals surface area contributed by atoms with Crippen molar-refractivity contribution in [3.63, 3.8) is 0 Å². The summed E-state index contributed by atoms with van der Waals surface area (Å²) in [6.07, 6.45) is -4.99. The summed E-state index contributed by atoms with van der Waals surface area (Å²) in [5.41, 5.74) is -0.483. The van der Waals surface area contributed by atoms with Crippen molar-refractivity contribution in [1.29, 1.82) is 5.26 Å². The second-order valence-corrected chi connectivity index (χ2v) is 2.15. The fourth-order valence-corrected chi connectivity index (χ4v) is 0.690. The van der Waals surface area contributed by atoms with Crippen molar-refractivity contribution in [1.82, 2.24) is 4.98 Å². The van der Waals surface area contributed by atoms with Gasteiger partial charge in [-0.1, -0.05) is 0 Å². The predicted octanol–water partition coefficient (Wildman–Crippen LogP) is 1.99. The fourth-order valence-electron chi connectivity index (χ4n) is 0.690. The molecule has 0 fully saturated rings. The van der Waals surface area contributed by atoms with Crippen LogP contribution in [0.4, 0.5) is 17.6 Å². The highest BCUT2D eigenvalue weighted by atomic mass is 19.4. The van der Waals surface area contributed by atoms with Gasteiger partial charge in [-0.05, 0) is 12.1 Å². The molecule has 1 heterocycles. The van der Waals surface area contributed by atoms with Crippen LogP contribution in [0.3, 0.4) is 0 Å². The number of ether oxygens (including phenoxy) is 1. The molecule has 0 radical (unpaired) electrons. The maximum atomic E-state index is 12.4. The van der Waals surface area contributed by atoms with E-state index in [0.717, 1.165) is 12.1 Å². The lowest BCUT2D eigenvalue weighted by molar-refractivity contribution is -0.276. The molecular formula is C7H2F4N2O. The summed E-state index contributed by atoms with van der Waals surface area (Å²) in [6, 6.07) is 3.01. The first-order chi connectivity index (χ1) is 6.42. The van der Waals surface area contributed by atoms with E-state index >= 15 is 0 Å². The normalized spacial score (nSPS) is 10.8. The quantitative estimate of drug-likeness (QED) is 0.521. The molecule has 7 heteroatoms.